The van der Waals surface area contributed by atoms with Crippen LogP contribution in [-0.2, 0) is 7.05 Å². The summed E-state index contributed by atoms with van der Waals surface area (Å²) < 4.78 is 1.32. The first kappa shape index (κ1) is 12.4. The summed E-state index contributed by atoms with van der Waals surface area (Å²) in [7, 11) is 1.55. The smallest absolute Gasteiger partial charge is 0.339 e. The number of rotatable bonds is 4. The maximum atomic E-state index is 11.7. The van der Waals surface area contributed by atoms with Gasteiger partial charge in [-0.3, -0.25) is 24.2 Å². The third-order valence-corrected chi connectivity index (χ3v) is 3.21. The first-order valence-corrected chi connectivity index (χ1v) is 6.03. The number of Topliss-reactive ketones (excluding diaryl/α,β-unsaturated/α-hetero) is 1. The molecule has 0 saturated heterocycles. The van der Waals surface area contributed by atoms with Crippen LogP contribution in [0.15, 0.2) is 33.1 Å². The van der Waals surface area contributed by atoms with E-state index < -0.39 is 11.1 Å². The molecule has 18 heavy (non-hydrogen) atoms. The van der Waals surface area contributed by atoms with Crippen molar-refractivity contribution >= 4 is 17.5 Å². The molecule has 0 aromatic carbocycles. The van der Waals surface area contributed by atoms with Crippen LogP contribution >= 0.6 is 11.8 Å². The summed E-state index contributed by atoms with van der Waals surface area (Å²) in [6.45, 7) is 0. The monoisotopic (exact) mass is 266 g/mol. The van der Waals surface area contributed by atoms with Crippen molar-refractivity contribution in [1.29, 1.82) is 0 Å². The molecule has 0 atom stereocenters. The van der Waals surface area contributed by atoms with Crippen LogP contribution < -0.4 is 11.1 Å². The predicted octanol–water partition coefficient (Wildman–Crippen LogP) is -0.228. The standard InChI is InChI=1S/C10H10N4O3S/c1-14-10(12-8(16)9(17)13-14)18-5-7(15)6-3-2-4-11-6/h2-4,11H,5H2,1H3,(H,13,17). The highest BCUT2D eigenvalue weighted by Crippen LogP contribution is 2.13. The van der Waals surface area contributed by atoms with E-state index in [4.69, 9.17) is 0 Å². The average Bonchev–Trinajstić information content (AvgIpc) is 2.85. The SMILES string of the molecule is Cn1[nH]c(=O)c(=O)nc1SCC(=O)c1ccc[nH]1. The van der Waals surface area contributed by atoms with Crippen LogP contribution in [0.1, 0.15) is 10.5 Å². The van der Waals surface area contributed by atoms with Gasteiger partial charge in [0.2, 0.25) is 0 Å². The number of aromatic nitrogens is 4. The van der Waals surface area contributed by atoms with E-state index in [0.717, 1.165) is 11.8 Å². The van der Waals surface area contributed by atoms with Crippen molar-refractivity contribution in [3.63, 3.8) is 0 Å². The first-order valence-electron chi connectivity index (χ1n) is 5.04. The molecule has 7 nitrogen and oxygen atoms in total. The molecule has 0 spiro atoms. The molecule has 0 aliphatic heterocycles. The van der Waals surface area contributed by atoms with E-state index >= 15 is 0 Å². The van der Waals surface area contributed by atoms with Gasteiger partial charge < -0.3 is 4.98 Å². The number of nitrogens with one attached hydrogen (secondary N) is 2. The Bertz CT molecular complexity index is 671. The van der Waals surface area contributed by atoms with Gasteiger partial charge in [0, 0.05) is 13.2 Å². The van der Waals surface area contributed by atoms with Crippen molar-refractivity contribution < 1.29 is 4.79 Å². The van der Waals surface area contributed by atoms with Gasteiger partial charge >= 0.3 is 11.1 Å². The largest absolute Gasteiger partial charge is 0.359 e. The third kappa shape index (κ3) is 2.59. The molecule has 0 aliphatic rings. The van der Waals surface area contributed by atoms with E-state index in [1.165, 1.54) is 4.68 Å². The quantitative estimate of drug-likeness (QED) is 0.452. The van der Waals surface area contributed by atoms with E-state index in [9.17, 15) is 14.4 Å². The molecule has 2 aromatic heterocycles. The number of ketones is 1. The van der Waals surface area contributed by atoms with E-state index in [-0.39, 0.29) is 11.5 Å². The molecule has 0 fully saturated rings. The maximum absolute atomic E-state index is 11.7. The molecule has 0 saturated carbocycles. The van der Waals surface area contributed by atoms with Crippen LogP contribution in [0.2, 0.25) is 0 Å². The van der Waals surface area contributed by atoms with Gasteiger partial charge in [0.25, 0.3) is 0 Å². The molecule has 2 rings (SSSR count). The predicted molar refractivity (Wildman–Crippen MR) is 65.9 cm³/mol. The van der Waals surface area contributed by atoms with Crippen LogP contribution in [0.4, 0.5) is 0 Å². The van der Waals surface area contributed by atoms with Crippen LogP contribution in [0.5, 0.6) is 0 Å². The topological polar surface area (TPSA) is 101 Å². The first-order chi connectivity index (χ1) is 8.58. The molecule has 0 aliphatic carbocycles. The van der Waals surface area contributed by atoms with Gasteiger partial charge in [-0.1, -0.05) is 11.8 Å². The molecule has 0 bridgehead atoms. The Morgan fingerprint density at radius 2 is 2.28 bits per heavy atom. The fourth-order valence-electron chi connectivity index (χ4n) is 1.30. The highest BCUT2D eigenvalue weighted by Gasteiger charge is 2.10. The molecular weight excluding hydrogens is 256 g/mol. The van der Waals surface area contributed by atoms with Gasteiger partial charge in [0.1, 0.15) is 0 Å². The summed E-state index contributed by atoms with van der Waals surface area (Å²) in [5.74, 6) is 0.0257. The number of aromatic amines is 2. The summed E-state index contributed by atoms with van der Waals surface area (Å²) in [6, 6.07) is 3.40. The van der Waals surface area contributed by atoms with E-state index in [1.807, 2.05) is 0 Å². The Balaban J connectivity index is 2.12. The van der Waals surface area contributed by atoms with Gasteiger partial charge in [0.15, 0.2) is 10.9 Å². The minimum atomic E-state index is -0.858. The van der Waals surface area contributed by atoms with Crippen LogP contribution in [-0.4, -0.2) is 31.3 Å². The lowest BCUT2D eigenvalue weighted by molar-refractivity contribution is 0.101. The van der Waals surface area contributed by atoms with Crippen LogP contribution in [0.25, 0.3) is 0 Å². The zero-order chi connectivity index (χ0) is 13.1. The van der Waals surface area contributed by atoms with Crippen molar-refractivity contribution in [2.45, 2.75) is 5.16 Å². The van der Waals surface area contributed by atoms with Crippen molar-refractivity contribution in [3.05, 3.63) is 44.7 Å². The number of carbonyl (C=O) groups excluding carboxylic acids is 1. The van der Waals surface area contributed by atoms with Crippen molar-refractivity contribution in [2.75, 3.05) is 5.75 Å². The Labute approximate surface area is 105 Å². The number of H-pyrrole nitrogens is 2. The van der Waals surface area contributed by atoms with E-state index in [0.29, 0.717) is 10.9 Å². The lowest BCUT2D eigenvalue weighted by atomic mass is 10.3. The summed E-state index contributed by atoms with van der Waals surface area (Å²) in [5.41, 5.74) is -1.14. The fourth-order valence-corrected chi connectivity index (χ4v) is 2.10. The molecule has 0 radical (unpaired) electrons. The number of thioether (sulfide) groups is 1. The number of hydrogen-bond donors (Lipinski definition) is 2. The van der Waals surface area contributed by atoms with Gasteiger partial charge in [-0.15, -0.1) is 0 Å². The second kappa shape index (κ2) is 5.05. The number of aryl methyl sites for hydroxylation is 1. The van der Waals surface area contributed by atoms with E-state index in [2.05, 4.69) is 15.1 Å². The highest BCUT2D eigenvalue weighted by molar-refractivity contribution is 7.99. The van der Waals surface area contributed by atoms with E-state index in [1.54, 1.807) is 25.4 Å². The molecule has 2 heterocycles. The molecule has 2 aromatic rings. The Hall–Kier alpha value is -2.09. The molecule has 0 amide bonds. The van der Waals surface area contributed by atoms with Gasteiger partial charge in [-0.25, -0.2) is 0 Å². The Kier molecular flexibility index (Phi) is 3.47. The zero-order valence-corrected chi connectivity index (χ0v) is 10.3. The maximum Gasteiger partial charge on any atom is 0.339 e. The van der Waals surface area contributed by atoms with Gasteiger partial charge in [0.05, 0.1) is 11.4 Å². The summed E-state index contributed by atoms with van der Waals surface area (Å²) in [6.07, 6.45) is 1.66. The normalized spacial score (nSPS) is 10.5. The molecular formula is C10H10N4O3S. The molecule has 0 unspecified atom stereocenters. The van der Waals surface area contributed by atoms with Gasteiger partial charge in [-0.2, -0.15) is 4.98 Å². The number of hydrogen-bond acceptors (Lipinski definition) is 5. The second-order valence-electron chi connectivity index (χ2n) is 3.50. The fraction of sp³-hybridized carbons (Fsp3) is 0.200. The highest BCUT2D eigenvalue weighted by atomic mass is 32.2. The van der Waals surface area contributed by atoms with Crippen molar-refractivity contribution in [3.8, 4) is 0 Å². The minimum absolute atomic E-state index is 0.106. The lowest BCUT2D eigenvalue weighted by Gasteiger charge is -2.04. The summed E-state index contributed by atoms with van der Waals surface area (Å²) in [4.78, 5) is 40.2. The third-order valence-electron chi connectivity index (χ3n) is 2.18. The molecule has 2 N–H and O–H groups in total. The van der Waals surface area contributed by atoms with Gasteiger partial charge in [-0.05, 0) is 12.1 Å². The summed E-state index contributed by atoms with van der Waals surface area (Å²) >= 11 is 1.09. The Morgan fingerprint density at radius 3 is 2.94 bits per heavy atom. The minimum Gasteiger partial charge on any atom is -0.359 e. The lowest BCUT2D eigenvalue weighted by Crippen LogP contribution is -2.34. The van der Waals surface area contributed by atoms with Crippen LogP contribution in [0, 0.1) is 0 Å². The second-order valence-corrected chi connectivity index (χ2v) is 4.44. The molecule has 8 heteroatoms. The summed E-state index contributed by atoms with van der Waals surface area (Å²) in [5, 5.41) is 2.60. The number of carbonyl (C=O) groups is 1. The molecule has 94 valence electrons. The Morgan fingerprint density at radius 1 is 1.50 bits per heavy atom. The average molecular weight is 266 g/mol. The van der Waals surface area contributed by atoms with Crippen molar-refractivity contribution in [1.82, 2.24) is 19.7 Å². The van der Waals surface area contributed by atoms with Crippen molar-refractivity contribution in [2.24, 2.45) is 7.05 Å². The zero-order valence-electron chi connectivity index (χ0n) is 9.47. The number of nitrogens with zero attached hydrogens (tertiary/aromatic N) is 2. The van der Waals surface area contributed by atoms with Crippen LogP contribution in [0.3, 0.4) is 0 Å².